The lowest BCUT2D eigenvalue weighted by molar-refractivity contribution is -0.138. The molecule has 0 saturated carbocycles. The summed E-state index contributed by atoms with van der Waals surface area (Å²) in [6.07, 6.45) is -1.01. The van der Waals surface area contributed by atoms with Gasteiger partial charge in [0.25, 0.3) is 0 Å². The molecule has 0 aliphatic heterocycles. The number of hydrogen-bond donors (Lipinski definition) is 3. The van der Waals surface area contributed by atoms with E-state index < -0.39 is 29.9 Å². The van der Waals surface area contributed by atoms with Crippen molar-refractivity contribution in [1.29, 1.82) is 0 Å². The quantitative estimate of drug-likeness (QED) is 0.639. The zero-order valence-corrected chi connectivity index (χ0v) is 16.0. The fourth-order valence-electron chi connectivity index (χ4n) is 2.27. The van der Waals surface area contributed by atoms with Crippen LogP contribution in [0, 0.1) is 5.92 Å². The van der Waals surface area contributed by atoms with E-state index in [2.05, 4.69) is 10.6 Å². The Hall–Kier alpha value is -2.28. The van der Waals surface area contributed by atoms with Gasteiger partial charge in [-0.05, 0) is 37.5 Å². The summed E-state index contributed by atoms with van der Waals surface area (Å²) in [4.78, 5) is 35.7. The predicted molar refractivity (Wildman–Crippen MR) is 98.2 cm³/mol. The molecule has 1 aromatic rings. The number of carboxylic acids is 1. The number of ether oxygens (including phenoxy) is 1. The fraction of sp³-hybridized carbons (Fsp3) is 0.500. The SMILES string of the molecule is CC(C)OC(=O)NC(C(=O)NCC(C(=O)O)c1ccc(Cl)cc1)C(C)C. The highest BCUT2D eigenvalue weighted by molar-refractivity contribution is 6.30. The van der Waals surface area contributed by atoms with Gasteiger partial charge >= 0.3 is 12.1 Å². The molecule has 0 spiro atoms. The highest BCUT2D eigenvalue weighted by atomic mass is 35.5. The maximum atomic E-state index is 12.4. The number of halogens is 1. The second-order valence-corrected chi connectivity index (χ2v) is 6.94. The zero-order chi connectivity index (χ0) is 19.9. The highest BCUT2D eigenvalue weighted by Crippen LogP contribution is 2.18. The van der Waals surface area contributed by atoms with Gasteiger partial charge in [0, 0.05) is 11.6 Å². The van der Waals surface area contributed by atoms with Crippen molar-refractivity contribution in [2.45, 2.75) is 45.8 Å². The molecule has 3 N–H and O–H groups in total. The molecule has 0 aliphatic rings. The van der Waals surface area contributed by atoms with Crippen LogP contribution in [-0.2, 0) is 14.3 Å². The molecule has 2 atom stereocenters. The number of carbonyl (C=O) groups is 3. The first-order chi connectivity index (χ1) is 12.1. The topological polar surface area (TPSA) is 105 Å². The van der Waals surface area contributed by atoms with Gasteiger partial charge in [0.05, 0.1) is 12.0 Å². The number of benzene rings is 1. The third kappa shape index (κ3) is 6.92. The average Bonchev–Trinajstić information content (AvgIpc) is 2.53. The first-order valence-corrected chi connectivity index (χ1v) is 8.72. The maximum Gasteiger partial charge on any atom is 0.408 e. The summed E-state index contributed by atoms with van der Waals surface area (Å²) in [5, 5.41) is 15.0. The Morgan fingerprint density at radius 1 is 1.12 bits per heavy atom. The molecule has 1 aromatic carbocycles. The van der Waals surface area contributed by atoms with Crippen molar-refractivity contribution in [3.63, 3.8) is 0 Å². The van der Waals surface area contributed by atoms with Crippen molar-refractivity contribution in [3.8, 4) is 0 Å². The normalized spacial score (nSPS) is 13.2. The summed E-state index contributed by atoms with van der Waals surface area (Å²) < 4.78 is 4.99. The molecule has 26 heavy (non-hydrogen) atoms. The lowest BCUT2D eigenvalue weighted by Gasteiger charge is -2.23. The number of alkyl carbamates (subject to hydrolysis) is 1. The van der Waals surface area contributed by atoms with Crippen molar-refractivity contribution >= 4 is 29.6 Å². The van der Waals surface area contributed by atoms with Crippen LogP contribution in [0.5, 0.6) is 0 Å². The smallest absolute Gasteiger partial charge is 0.408 e. The molecule has 0 fully saturated rings. The molecule has 2 unspecified atom stereocenters. The van der Waals surface area contributed by atoms with Crippen molar-refractivity contribution in [2.75, 3.05) is 6.54 Å². The van der Waals surface area contributed by atoms with Gasteiger partial charge in [-0.25, -0.2) is 4.79 Å². The number of aliphatic carboxylic acids is 1. The van der Waals surface area contributed by atoms with Crippen molar-refractivity contribution in [1.82, 2.24) is 10.6 Å². The van der Waals surface area contributed by atoms with E-state index in [1.807, 2.05) is 0 Å². The van der Waals surface area contributed by atoms with Gasteiger partial charge in [-0.1, -0.05) is 37.6 Å². The molecule has 0 radical (unpaired) electrons. The molecule has 0 saturated heterocycles. The van der Waals surface area contributed by atoms with E-state index in [1.165, 1.54) is 0 Å². The van der Waals surface area contributed by atoms with E-state index in [0.29, 0.717) is 10.6 Å². The summed E-state index contributed by atoms with van der Waals surface area (Å²) in [6.45, 7) is 6.84. The van der Waals surface area contributed by atoms with Gasteiger partial charge in [0.15, 0.2) is 0 Å². The van der Waals surface area contributed by atoms with Gasteiger partial charge < -0.3 is 20.5 Å². The second kappa shape index (κ2) is 10.0. The van der Waals surface area contributed by atoms with Crippen molar-refractivity contribution in [2.24, 2.45) is 5.92 Å². The Bertz CT molecular complexity index is 631. The van der Waals surface area contributed by atoms with Crippen LogP contribution in [0.15, 0.2) is 24.3 Å². The number of carboxylic acid groups (broad SMARTS) is 1. The summed E-state index contributed by atoms with van der Waals surface area (Å²) >= 11 is 5.81. The molecule has 7 nitrogen and oxygen atoms in total. The van der Waals surface area contributed by atoms with Crippen LogP contribution in [0.3, 0.4) is 0 Å². The van der Waals surface area contributed by atoms with Crippen LogP contribution in [0.25, 0.3) is 0 Å². The summed E-state index contributed by atoms with van der Waals surface area (Å²) in [7, 11) is 0. The minimum Gasteiger partial charge on any atom is -0.481 e. The third-order valence-electron chi connectivity index (χ3n) is 3.62. The Labute approximate surface area is 158 Å². The molecule has 144 valence electrons. The number of rotatable bonds is 8. The van der Waals surface area contributed by atoms with E-state index in [0.717, 1.165) is 0 Å². The predicted octanol–water partition coefficient (Wildman–Crippen LogP) is 2.78. The standard InChI is InChI=1S/C18H25ClN2O5/c1-10(2)15(21-18(25)26-11(3)4)16(22)20-9-14(17(23)24)12-5-7-13(19)8-6-12/h5-8,10-11,14-15H,9H2,1-4H3,(H,20,22)(H,21,25)(H,23,24). The molecule has 0 aliphatic carbocycles. The van der Waals surface area contributed by atoms with Crippen LogP contribution in [0.1, 0.15) is 39.2 Å². The van der Waals surface area contributed by atoms with E-state index >= 15 is 0 Å². The molecule has 0 bridgehead atoms. The lowest BCUT2D eigenvalue weighted by atomic mass is 9.98. The second-order valence-electron chi connectivity index (χ2n) is 6.51. The van der Waals surface area contributed by atoms with Crippen LogP contribution < -0.4 is 10.6 Å². The van der Waals surface area contributed by atoms with E-state index in [1.54, 1.807) is 52.0 Å². The number of amides is 2. The number of nitrogens with one attached hydrogen (secondary N) is 2. The Kier molecular flexibility index (Phi) is 8.38. The summed E-state index contributed by atoms with van der Waals surface area (Å²) in [5.74, 6) is -2.66. The van der Waals surface area contributed by atoms with Gasteiger partial charge in [0.1, 0.15) is 6.04 Å². The molecule has 1 rings (SSSR count). The Morgan fingerprint density at radius 2 is 1.69 bits per heavy atom. The van der Waals surface area contributed by atoms with Crippen molar-refractivity contribution in [3.05, 3.63) is 34.9 Å². The highest BCUT2D eigenvalue weighted by Gasteiger charge is 2.27. The maximum absolute atomic E-state index is 12.4. The molecule has 8 heteroatoms. The van der Waals surface area contributed by atoms with Crippen LogP contribution in [0.2, 0.25) is 5.02 Å². The fourth-order valence-corrected chi connectivity index (χ4v) is 2.39. The number of carbonyl (C=O) groups excluding carboxylic acids is 2. The minimum absolute atomic E-state index is 0.111. The first-order valence-electron chi connectivity index (χ1n) is 8.35. The monoisotopic (exact) mass is 384 g/mol. The van der Waals surface area contributed by atoms with Crippen LogP contribution in [0.4, 0.5) is 4.79 Å². The van der Waals surface area contributed by atoms with E-state index in [4.69, 9.17) is 16.3 Å². The lowest BCUT2D eigenvalue weighted by Crippen LogP contribution is -2.51. The summed E-state index contributed by atoms with van der Waals surface area (Å²) in [6, 6.07) is 5.56. The Morgan fingerprint density at radius 3 is 2.15 bits per heavy atom. The minimum atomic E-state index is -1.07. The molecule has 2 amide bonds. The molecule has 0 heterocycles. The largest absolute Gasteiger partial charge is 0.481 e. The van der Waals surface area contributed by atoms with Crippen LogP contribution in [-0.4, -0.2) is 41.8 Å². The van der Waals surface area contributed by atoms with E-state index in [-0.39, 0.29) is 18.6 Å². The van der Waals surface area contributed by atoms with Crippen molar-refractivity contribution < 1.29 is 24.2 Å². The van der Waals surface area contributed by atoms with Gasteiger partial charge in [-0.3, -0.25) is 9.59 Å². The molecular formula is C18H25ClN2O5. The zero-order valence-electron chi connectivity index (χ0n) is 15.3. The summed E-state index contributed by atoms with van der Waals surface area (Å²) in [5.41, 5.74) is 0.524. The molecular weight excluding hydrogens is 360 g/mol. The Balaban J connectivity index is 2.76. The van der Waals surface area contributed by atoms with E-state index in [9.17, 15) is 19.5 Å². The van der Waals surface area contributed by atoms with Gasteiger partial charge in [-0.15, -0.1) is 0 Å². The van der Waals surface area contributed by atoms with Gasteiger partial charge in [-0.2, -0.15) is 0 Å². The third-order valence-corrected chi connectivity index (χ3v) is 3.87. The first kappa shape index (κ1) is 21.8. The van der Waals surface area contributed by atoms with Gasteiger partial charge in [0.2, 0.25) is 5.91 Å². The molecule has 0 aromatic heterocycles. The van der Waals surface area contributed by atoms with Crippen LogP contribution >= 0.6 is 11.6 Å². The average molecular weight is 385 g/mol. The number of hydrogen-bond acceptors (Lipinski definition) is 4.